The number of benzene rings is 1. The van der Waals surface area contributed by atoms with Crippen molar-refractivity contribution in [3.05, 3.63) is 48.2 Å². The number of nitrogens with one attached hydrogen (secondary N) is 1. The van der Waals surface area contributed by atoms with Gasteiger partial charge in [-0.05, 0) is 12.5 Å². The molecule has 0 bridgehead atoms. The Morgan fingerprint density at radius 2 is 2.29 bits per heavy atom. The molecule has 0 spiro atoms. The van der Waals surface area contributed by atoms with Crippen molar-refractivity contribution >= 4 is 16.8 Å². The van der Waals surface area contributed by atoms with Crippen molar-refractivity contribution in [2.45, 2.75) is 12.3 Å². The second kappa shape index (κ2) is 4.73. The quantitative estimate of drug-likeness (QED) is 0.781. The average Bonchev–Trinajstić information content (AvgIpc) is 3.25. The topological polar surface area (TPSA) is 75.0 Å². The number of hydrogen-bond donors (Lipinski definition) is 1. The Hall–Kier alpha value is -2.63. The van der Waals surface area contributed by atoms with E-state index < -0.39 is 0 Å². The van der Waals surface area contributed by atoms with Crippen LogP contribution in [0, 0.1) is 0 Å². The lowest BCUT2D eigenvalue weighted by Gasteiger charge is -2.15. The molecular formula is C15H14N4O2. The van der Waals surface area contributed by atoms with Crippen LogP contribution in [0.25, 0.3) is 10.9 Å². The number of para-hydroxylation sites is 1. The molecule has 21 heavy (non-hydrogen) atoms. The number of carbonyl (C=O) groups excluding carboxylic acids is 1. The van der Waals surface area contributed by atoms with Crippen LogP contribution in [0.4, 0.5) is 0 Å². The molecule has 4 rings (SSSR count). The fraction of sp³-hybridized carbons (Fsp3) is 0.267. The van der Waals surface area contributed by atoms with Gasteiger partial charge in [0.15, 0.2) is 5.82 Å². The van der Waals surface area contributed by atoms with E-state index in [1.807, 2.05) is 29.2 Å². The first kappa shape index (κ1) is 12.1. The highest BCUT2D eigenvalue weighted by molar-refractivity contribution is 6.06. The molecule has 1 N–H and O–H groups in total. The largest absolute Gasteiger partial charge is 0.360 e. The van der Waals surface area contributed by atoms with Gasteiger partial charge in [0.05, 0.1) is 5.56 Å². The Kier molecular flexibility index (Phi) is 2.73. The maximum atomic E-state index is 12.7. The highest BCUT2D eigenvalue weighted by Crippen LogP contribution is 2.27. The first-order valence-electron chi connectivity index (χ1n) is 6.94. The number of likely N-dealkylation sites (tertiary alicyclic amines) is 1. The summed E-state index contributed by atoms with van der Waals surface area (Å²) in [5, 5.41) is 4.84. The fourth-order valence-corrected chi connectivity index (χ4v) is 2.93. The van der Waals surface area contributed by atoms with Gasteiger partial charge in [-0.2, -0.15) is 4.98 Å². The summed E-state index contributed by atoms with van der Waals surface area (Å²) in [6.45, 7) is 1.36. The van der Waals surface area contributed by atoms with Gasteiger partial charge in [0.1, 0.15) is 0 Å². The Morgan fingerprint density at radius 1 is 1.38 bits per heavy atom. The van der Waals surface area contributed by atoms with Crippen LogP contribution in [0.2, 0.25) is 0 Å². The molecule has 3 aromatic rings. The second-order valence-electron chi connectivity index (χ2n) is 5.27. The number of nitrogens with zero attached hydrogens (tertiary/aromatic N) is 3. The summed E-state index contributed by atoms with van der Waals surface area (Å²) in [5.74, 6) is 0.903. The number of rotatable bonds is 2. The molecule has 1 aromatic carbocycles. The van der Waals surface area contributed by atoms with Crippen LogP contribution in [0.3, 0.4) is 0 Å². The molecule has 1 aliphatic heterocycles. The smallest absolute Gasteiger partial charge is 0.256 e. The van der Waals surface area contributed by atoms with Crippen molar-refractivity contribution in [2.75, 3.05) is 13.1 Å². The van der Waals surface area contributed by atoms with Crippen LogP contribution in [0.5, 0.6) is 0 Å². The lowest BCUT2D eigenvalue weighted by molar-refractivity contribution is 0.0792. The van der Waals surface area contributed by atoms with Crippen LogP contribution in [0.1, 0.15) is 28.5 Å². The second-order valence-corrected chi connectivity index (χ2v) is 5.27. The van der Waals surface area contributed by atoms with Crippen molar-refractivity contribution in [3.63, 3.8) is 0 Å². The molecule has 1 atom stereocenters. The van der Waals surface area contributed by atoms with Crippen molar-refractivity contribution in [1.29, 1.82) is 0 Å². The molecule has 1 amide bonds. The third-order valence-corrected chi connectivity index (χ3v) is 4.04. The highest BCUT2D eigenvalue weighted by atomic mass is 16.5. The van der Waals surface area contributed by atoms with E-state index >= 15 is 0 Å². The molecule has 1 unspecified atom stereocenters. The molecule has 0 aliphatic carbocycles. The normalized spacial score (nSPS) is 18.5. The van der Waals surface area contributed by atoms with Crippen LogP contribution in [-0.4, -0.2) is 39.0 Å². The van der Waals surface area contributed by atoms with E-state index in [0.29, 0.717) is 12.4 Å². The summed E-state index contributed by atoms with van der Waals surface area (Å²) in [6, 6.07) is 7.83. The SMILES string of the molecule is O=C(c1c[nH]c2ccccc12)N1CCC(c2ncon2)C1. The minimum Gasteiger partial charge on any atom is -0.360 e. The van der Waals surface area contributed by atoms with E-state index in [4.69, 9.17) is 4.52 Å². The number of carbonyl (C=O) groups is 1. The summed E-state index contributed by atoms with van der Waals surface area (Å²) >= 11 is 0. The van der Waals surface area contributed by atoms with Gasteiger partial charge in [-0.15, -0.1) is 0 Å². The van der Waals surface area contributed by atoms with Crippen molar-refractivity contribution in [3.8, 4) is 0 Å². The van der Waals surface area contributed by atoms with Gasteiger partial charge < -0.3 is 14.4 Å². The molecule has 2 aromatic heterocycles. The fourth-order valence-electron chi connectivity index (χ4n) is 2.93. The Balaban J connectivity index is 1.58. The Morgan fingerprint density at radius 3 is 3.14 bits per heavy atom. The standard InChI is InChI=1S/C15H14N4O2/c20-15(12-7-16-13-4-2-1-3-11(12)13)19-6-5-10(8-19)14-17-9-21-18-14/h1-4,7,9-10,16H,5-6,8H2. The van der Waals surface area contributed by atoms with Crippen molar-refractivity contribution in [2.24, 2.45) is 0 Å². The van der Waals surface area contributed by atoms with E-state index in [2.05, 4.69) is 15.1 Å². The number of aromatic amines is 1. The Bertz CT molecular complexity index is 778. The minimum atomic E-state index is 0.0541. The highest BCUT2D eigenvalue weighted by Gasteiger charge is 2.31. The summed E-state index contributed by atoms with van der Waals surface area (Å²) in [7, 11) is 0. The van der Waals surface area contributed by atoms with Gasteiger partial charge in [-0.1, -0.05) is 23.4 Å². The number of hydrogen-bond acceptors (Lipinski definition) is 4. The third-order valence-electron chi connectivity index (χ3n) is 4.04. The lowest BCUT2D eigenvalue weighted by Crippen LogP contribution is -2.28. The molecule has 1 saturated heterocycles. The molecule has 6 heteroatoms. The maximum absolute atomic E-state index is 12.7. The van der Waals surface area contributed by atoms with E-state index in [0.717, 1.165) is 29.4 Å². The summed E-state index contributed by atoms with van der Waals surface area (Å²) in [5.41, 5.74) is 1.70. The van der Waals surface area contributed by atoms with Crippen LogP contribution in [-0.2, 0) is 0 Å². The molecule has 1 aliphatic rings. The summed E-state index contributed by atoms with van der Waals surface area (Å²) < 4.78 is 4.78. The first-order valence-corrected chi connectivity index (χ1v) is 6.94. The van der Waals surface area contributed by atoms with E-state index in [1.165, 1.54) is 6.39 Å². The van der Waals surface area contributed by atoms with Crippen molar-refractivity contribution in [1.82, 2.24) is 20.0 Å². The van der Waals surface area contributed by atoms with Gasteiger partial charge in [0.2, 0.25) is 6.39 Å². The molecular weight excluding hydrogens is 268 g/mol. The molecule has 1 fully saturated rings. The molecule has 3 heterocycles. The van der Waals surface area contributed by atoms with E-state index in [-0.39, 0.29) is 11.8 Å². The predicted octanol–water partition coefficient (Wildman–Crippen LogP) is 2.18. The molecule has 6 nitrogen and oxygen atoms in total. The van der Waals surface area contributed by atoms with Crippen molar-refractivity contribution < 1.29 is 9.32 Å². The van der Waals surface area contributed by atoms with Gasteiger partial charge in [0.25, 0.3) is 5.91 Å². The van der Waals surface area contributed by atoms with Crippen LogP contribution < -0.4 is 0 Å². The number of amides is 1. The predicted molar refractivity (Wildman–Crippen MR) is 75.9 cm³/mol. The Labute approximate surface area is 120 Å². The zero-order valence-corrected chi connectivity index (χ0v) is 11.3. The number of H-pyrrole nitrogens is 1. The van der Waals surface area contributed by atoms with Gasteiger partial charge >= 0.3 is 0 Å². The summed E-state index contributed by atoms with van der Waals surface area (Å²) in [4.78, 5) is 21.8. The zero-order chi connectivity index (χ0) is 14.2. The first-order chi connectivity index (χ1) is 10.3. The lowest BCUT2D eigenvalue weighted by atomic mass is 10.1. The maximum Gasteiger partial charge on any atom is 0.256 e. The van der Waals surface area contributed by atoms with Gasteiger partial charge in [-0.3, -0.25) is 4.79 Å². The van der Waals surface area contributed by atoms with Crippen LogP contribution >= 0.6 is 0 Å². The molecule has 0 radical (unpaired) electrons. The van der Waals surface area contributed by atoms with Gasteiger partial charge in [0, 0.05) is 36.1 Å². The van der Waals surface area contributed by atoms with Crippen LogP contribution in [0.15, 0.2) is 41.4 Å². The number of fused-ring (bicyclic) bond motifs is 1. The van der Waals surface area contributed by atoms with Gasteiger partial charge in [-0.25, -0.2) is 0 Å². The number of aromatic nitrogens is 3. The third kappa shape index (κ3) is 1.99. The minimum absolute atomic E-state index is 0.0541. The monoisotopic (exact) mass is 282 g/mol. The van der Waals surface area contributed by atoms with E-state index in [9.17, 15) is 4.79 Å². The summed E-state index contributed by atoms with van der Waals surface area (Å²) in [6.07, 6.45) is 3.99. The van der Waals surface area contributed by atoms with E-state index in [1.54, 1.807) is 6.20 Å². The molecule has 106 valence electrons. The average molecular weight is 282 g/mol. The zero-order valence-electron chi connectivity index (χ0n) is 11.3. The molecule has 0 saturated carbocycles.